The van der Waals surface area contributed by atoms with Crippen LogP contribution in [0.3, 0.4) is 0 Å². The molecular weight excluding hydrogens is 544 g/mol. The standard InChI is InChI=1S/C44H90O/c1-9-13-17-21-29-37-43(5,6)41(33-25-15-11-3)35-27-19-23-31-39-45-40-32-24-20-28-36-42(34-26-16-12-4)44(7,8)38-30-22-18-14-10-2/h41-42H,9-40H2,1-8H3. The number of hydrogen-bond acceptors (Lipinski definition) is 1. The van der Waals surface area contributed by atoms with Crippen LogP contribution in [0.4, 0.5) is 0 Å². The molecule has 0 aromatic rings. The third-order valence-electron chi connectivity index (χ3n) is 11.6. The lowest BCUT2D eigenvalue weighted by atomic mass is 9.70. The highest BCUT2D eigenvalue weighted by Crippen LogP contribution is 2.40. The average molecular weight is 635 g/mol. The number of unbranched alkanes of at least 4 members (excludes halogenated alkanes) is 18. The van der Waals surface area contributed by atoms with Crippen molar-refractivity contribution in [2.75, 3.05) is 13.2 Å². The Bertz CT molecular complexity index is 528. The fourth-order valence-corrected chi connectivity index (χ4v) is 7.91. The molecule has 45 heavy (non-hydrogen) atoms. The molecule has 1 nitrogen and oxygen atoms in total. The number of rotatable bonds is 36. The maximum atomic E-state index is 6.07. The summed E-state index contributed by atoms with van der Waals surface area (Å²) >= 11 is 0. The summed E-state index contributed by atoms with van der Waals surface area (Å²) in [7, 11) is 0. The van der Waals surface area contributed by atoms with Gasteiger partial charge in [-0.15, -0.1) is 0 Å². The smallest absolute Gasteiger partial charge is 0.0466 e. The molecule has 0 aliphatic carbocycles. The van der Waals surface area contributed by atoms with Crippen LogP contribution >= 0.6 is 0 Å². The van der Waals surface area contributed by atoms with Gasteiger partial charge in [-0.1, -0.05) is 197 Å². The van der Waals surface area contributed by atoms with E-state index < -0.39 is 0 Å². The summed E-state index contributed by atoms with van der Waals surface area (Å²) in [5, 5.41) is 0. The molecule has 0 heterocycles. The monoisotopic (exact) mass is 635 g/mol. The Morgan fingerprint density at radius 3 is 0.956 bits per heavy atom. The van der Waals surface area contributed by atoms with Gasteiger partial charge in [0.15, 0.2) is 0 Å². The van der Waals surface area contributed by atoms with Crippen molar-refractivity contribution in [3.63, 3.8) is 0 Å². The van der Waals surface area contributed by atoms with Gasteiger partial charge in [0.1, 0.15) is 0 Å². The lowest BCUT2D eigenvalue weighted by Crippen LogP contribution is -2.24. The van der Waals surface area contributed by atoms with Crippen molar-refractivity contribution < 1.29 is 4.74 Å². The van der Waals surface area contributed by atoms with Gasteiger partial charge in [-0.05, 0) is 74.0 Å². The molecular formula is C44H90O. The van der Waals surface area contributed by atoms with Crippen molar-refractivity contribution in [3.05, 3.63) is 0 Å². The van der Waals surface area contributed by atoms with Crippen LogP contribution in [-0.2, 0) is 4.74 Å². The number of ether oxygens (including phenoxy) is 1. The van der Waals surface area contributed by atoms with Crippen molar-refractivity contribution >= 4 is 0 Å². The molecule has 0 radical (unpaired) electrons. The predicted octanol–water partition coefficient (Wildman–Crippen LogP) is 16.1. The van der Waals surface area contributed by atoms with Crippen LogP contribution in [0.1, 0.15) is 248 Å². The molecule has 0 saturated carbocycles. The summed E-state index contributed by atoms with van der Waals surface area (Å²) in [5.74, 6) is 1.83. The zero-order chi connectivity index (χ0) is 33.5. The second-order valence-corrected chi connectivity index (χ2v) is 16.7. The molecule has 0 aliphatic rings. The molecule has 0 amide bonds. The number of hydrogen-bond donors (Lipinski definition) is 0. The molecule has 272 valence electrons. The fourth-order valence-electron chi connectivity index (χ4n) is 7.91. The molecule has 0 rings (SSSR count). The van der Waals surface area contributed by atoms with Crippen molar-refractivity contribution in [1.82, 2.24) is 0 Å². The van der Waals surface area contributed by atoms with Gasteiger partial charge in [-0.3, -0.25) is 0 Å². The summed E-state index contributed by atoms with van der Waals surface area (Å²) in [6, 6.07) is 0. The molecule has 0 aromatic heterocycles. The van der Waals surface area contributed by atoms with Crippen LogP contribution in [0.2, 0.25) is 0 Å². The maximum Gasteiger partial charge on any atom is 0.0466 e. The molecule has 0 spiro atoms. The predicted molar refractivity (Wildman–Crippen MR) is 207 cm³/mol. The van der Waals surface area contributed by atoms with E-state index in [4.69, 9.17) is 4.74 Å². The van der Waals surface area contributed by atoms with Gasteiger partial charge in [0, 0.05) is 13.2 Å². The summed E-state index contributed by atoms with van der Waals surface area (Å²) in [4.78, 5) is 0. The van der Waals surface area contributed by atoms with Crippen molar-refractivity contribution in [2.24, 2.45) is 22.7 Å². The minimum absolute atomic E-state index is 0.517. The second kappa shape index (κ2) is 31.2. The van der Waals surface area contributed by atoms with E-state index >= 15 is 0 Å². The molecule has 1 heteroatoms. The van der Waals surface area contributed by atoms with Crippen molar-refractivity contribution in [3.8, 4) is 0 Å². The molecule has 0 fully saturated rings. The Hall–Kier alpha value is -0.0400. The molecule has 0 bridgehead atoms. The first-order chi connectivity index (χ1) is 21.7. The second-order valence-electron chi connectivity index (χ2n) is 16.7. The summed E-state index contributed by atoms with van der Waals surface area (Å²) in [6.45, 7) is 21.6. The lowest BCUT2D eigenvalue weighted by Gasteiger charge is -2.35. The van der Waals surface area contributed by atoms with Crippen molar-refractivity contribution in [2.45, 2.75) is 248 Å². The minimum Gasteiger partial charge on any atom is -0.381 e. The highest BCUT2D eigenvalue weighted by atomic mass is 16.5. The average Bonchev–Trinajstić information content (AvgIpc) is 3.01. The maximum absolute atomic E-state index is 6.07. The van der Waals surface area contributed by atoms with Gasteiger partial charge < -0.3 is 4.74 Å². The Morgan fingerprint density at radius 2 is 0.600 bits per heavy atom. The van der Waals surface area contributed by atoms with Gasteiger partial charge in [-0.25, -0.2) is 0 Å². The third kappa shape index (κ3) is 26.6. The summed E-state index contributed by atoms with van der Waals surface area (Å²) in [6.07, 6.45) is 42.1. The Balaban J connectivity index is 4.10. The first-order valence-corrected chi connectivity index (χ1v) is 21.3. The molecule has 0 aromatic carbocycles. The largest absolute Gasteiger partial charge is 0.381 e. The Kier molecular flexibility index (Phi) is 31.2. The zero-order valence-corrected chi connectivity index (χ0v) is 33.2. The van der Waals surface area contributed by atoms with E-state index in [-0.39, 0.29) is 0 Å². The van der Waals surface area contributed by atoms with E-state index in [9.17, 15) is 0 Å². The van der Waals surface area contributed by atoms with E-state index in [0.717, 1.165) is 25.0 Å². The van der Waals surface area contributed by atoms with Gasteiger partial charge >= 0.3 is 0 Å². The first-order valence-electron chi connectivity index (χ1n) is 21.3. The Labute approximate surface area is 288 Å². The summed E-state index contributed by atoms with van der Waals surface area (Å²) < 4.78 is 6.07. The first kappa shape index (κ1) is 45.0. The van der Waals surface area contributed by atoms with Crippen molar-refractivity contribution in [1.29, 1.82) is 0 Å². The van der Waals surface area contributed by atoms with Gasteiger partial charge in [0.2, 0.25) is 0 Å². The summed E-state index contributed by atoms with van der Waals surface area (Å²) in [5.41, 5.74) is 1.03. The van der Waals surface area contributed by atoms with E-state index in [1.54, 1.807) is 0 Å². The van der Waals surface area contributed by atoms with E-state index in [1.807, 2.05) is 0 Å². The molecule has 0 N–H and O–H groups in total. The minimum atomic E-state index is 0.517. The SMILES string of the molecule is CCCCCCCC(C)(C)C(CCCCC)CCCCCCOCCCCCCC(CCCCC)C(C)(C)CCCCCCC. The molecule has 0 saturated heterocycles. The van der Waals surface area contributed by atoms with E-state index in [2.05, 4.69) is 55.4 Å². The van der Waals surface area contributed by atoms with E-state index in [0.29, 0.717) is 10.8 Å². The fraction of sp³-hybridized carbons (Fsp3) is 1.00. The highest BCUT2D eigenvalue weighted by Gasteiger charge is 2.29. The molecule has 2 unspecified atom stereocenters. The molecule has 0 aliphatic heterocycles. The van der Waals surface area contributed by atoms with Crippen LogP contribution in [0.15, 0.2) is 0 Å². The van der Waals surface area contributed by atoms with Crippen LogP contribution in [-0.4, -0.2) is 13.2 Å². The normalized spacial score (nSPS) is 13.9. The van der Waals surface area contributed by atoms with Crippen LogP contribution in [0.5, 0.6) is 0 Å². The highest BCUT2D eigenvalue weighted by molar-refractivity contribution is 4.80. The molecule has 2 atom stereocenters. The Morgan fingerprint density at radius 1 is 0.333 bits per heavy atom. The van der Waals surface area contributed by atoms with Crippen LogP contribution in [0.25, 0.3) is 0 Å². The third-order valence-corrected chi connectivity index (χ3v) is 11.6. The topological polar surface area (TPSA) is 9.23 Å². The zero-order valence-electron chi connectivity index (χ0n) is 33.2. The van der Waals surface area contributed by atoms with Crippen LogP contribution in [0, 0.1) is 22.7 Å². The van der Waals surface area contributed by atoms with Gasteiger partial charge in [0.05, 0.1) is 0 Å². The quantitative estimate of drug-likeness (QED) is 0.0623. The van der Waals surface area contributed by atoms with E-state index in [1.165, 1.54) is 193 Å². The van der Waals surface area contributed by atoms with Crippen LogP contribution < -0.4 is 0 Å². The van der Waals surface area contributed by atoms with Gasteiger partial charge in [-0.2, -0.15) is 0 Å². The van der Waals surface area contributed by atoms with Gasteiger partial charge in [0.25, 0.3) is 0 Å². The lowest BCUT2D eigenvalue weighted by molar-refractivity contribution is 0.123.